The quantitative estimate of drug-likeness (QED) is 0.732. The first-order chi connectivity index (χ1) is 8.45. The van der Waals surface area contributed by atoms with E-state index in [9.17, 15) is 0 Å². The molecule has 4 heteroatoms. The second kappa shape index (κ2) is 7.80. The Balaban J connectivity index is 1.43. The molecule has 1 aliphatic heterocycles. The van der Waals surface area contributed by atoms with Crippen molar-refractivity contribution in [3.05, 3.63) is 16.6 Å². The number of piperidine rings is 1. The molecule has 1 atom stereocenters. The molecule has 0 aromatic carbocycles. The Kier molecular flexibility index (Phi) is 5.96. The zero-order valence-electron chi connectivity index (χ0n) is 10.5. The van der Waals surface area contributed by atoms with Crippen LogP contribution in [0.5, 0.6) is 0 Å². The van der Waals surface area contributed by atoms with Crippen LogP contribution < -0.4 is 10.6 Å². The van der Waals surface area contributed by atoms with Gasteiger partial charge in [-0.05, 0) is 38.8 Å². The van der Waals surface area contributed by atoms with Crippen molar-refractivity contribution in [3.63, 3.8) is 0 Å². The smallest absolute Gasteiger partial charge is 0.0794 e. The summed E-state index contributed by atoms with van der Waals surface area (Å²) in [6.07, 6.45) is 7.82. The Hall–Kier alpha value is -0.450. The predicted molar refractivity (Wildman–Crippen MR) is 73.6 cm³/mol. The maximum absolute atomic E-state index is 4.28. The third-order valence-electron chi connectivity index (χ3n) is 3.36. The SMILES string of the molecule is c1nc(CCNCCCC2CCCCN2)cs1. The van der Waals surface area contributed by atoms with Gasteiger partial charge in [-0.3, -0.25) is 0 Å². The van der Waals surface area contributed by atoms with Gasteiger partial charge < -0.3 is 10.6 Å². The fraction of sp³-hybridized carbons (Fsp3) is 0.769. The van der Waals surface area contributed by atoms with Gasteiger partial charge in [0.25, 0.3) is 0 Å². The summed E-state index contributed by atoms with van der Waals surface area (Å²) in [5.74, 6) is 0. The first-order valence-corrected chi connectivity index (χ1v) is 7.70. The van der Waals surface area contributed by atoms with Gasteiger partial charge in [-0.15, -0.1) is 11.3 Å². The van der Waals surface area contributed by atoms with E-state index in [4.69, 9.17) is 0 Å². The molecule has 0 saturated carbocycles. The van der Waals surface area contributed by atoms with E-state index in [2.05, 4.69) is 21.0 Å². The van der Waals surface area contributed by atoms with Gasteiger partial charge >= 0.3 is 0 Å². The van der Waals surface area contributed by atoms with E-state index in [1.54, 1.807) is 11.3 Å². The summed E-state index contributed by atoms with van der Waals surface area (Å²) >= 11 is 1.68. The number of rotatable bonds is 7. The molecule has 1 unspecified atom stereocenters. The van der Waals surface area contributed by atoms with E-state index >= 15 is 0 Å². The summed E-state index contributed by atoms with van der Waals surface area (Å²) in [4.78, 5) is 4.28. The average Bonchev–Trinajstić information content (AvgIpc) is 2.88. The summed E-state index contributed by atoms with van der Waals surface area (Å²) in [5.41, 5.74) is 3.13. The molecule has 0 amide bonds. The van der Waals surface area contributed by atoms with E-state index in [1.165, 1.54) is 44.3 Å². The Morgan fingerprint density at radius 3 is 3.18 bits per heavy atom. The second-order valence-electron chi connectivity index (χ2n) is 4.77. The second-order valence-corrected chi connectivity index (χ2v) is 5.49. The van der Waals surface area contributed by atoms with Gasteiger partial charge in [-0.1, -0.05) is 6.42 Å². The molecule has 0 aliphatic carbocycles. The van der Waals surface area contributed by atoms with Crippen molar-refractivity contribution < 1.29 is 0 Å². The zero-order valence-corrected chi connectivity index (χ0v) is 11.3. The maximum atomic E-state index is 4.28. The number of hydrogen-bond acceptors (Lipinski definition) is 4. The topological polar surface area (TPSA) is 37.0 Å². The number of aromatic nitrogens is 1. The molecule has 1 aliphatic rings. The van der Waals surface area contributed by atoms with Gasteiger partial charge in [0, 0.05) is 24.4 Å². The molecule has 2 N–H and O–H groups in total. The van der Waals surface area contributed by atoms with Crippen LogP contribution in [-0.4, -0.2) is 30.7 Å². The Morgan fingerprint density at radius 1 is 1.41 bits per heavy atom. The first-order valence-electron chi connectivity index (χ1n) is 6.76. The van der Waals surface area contributed by atoms with Crippen LogP contribution in [0, 0.1) is 0 Å². The lowest BCUT2D eigenvalue weighted by Crippen LogP contribution is -2.34. The van der Waals surface area contributed by atoms with Crippen molar-refractivity contribution in [2.45, 2.75) is 44.6 Å². The van der Waals surface area contributed by atoms with E-state index in [0.717, 1.165) is 25.6 Å². The van der Waals surface area contributed by atoms with E-state index in [1.807, 2.05) is 5.51 Å². The highest BCUT2D eigenvalue weighted by Crippen LogP contribution is 2.11. The van der Waals surface area contributed by atoms with Crippen molar-refractivity contribution in [1.29, 1.82) is 0 Å². The lowest BCUT2D eigenvalue weighted by atomic mass is 10.0. The minimum atomic E-state index is 0.782. The largest absolute Gasteiger partial charge is 0.316 e. The zero-order chi connectivity index (χ0) is 11.8. The molecule has 2 heterocycles. The molecular formula is C13H23N3S. The summed E-state index contributed by atoms with van der Waals surface area (Å²) < 4.78 is 0. The van der Waals surface area contributed by atoms with Gasteiger partial charge in [0.15, 0.2) is 0 Å². The van der Waals surface area contributed by atoms with Crippen molar-refractivity contribution in [3.8, 4) is 0 Å². The number of nitrogens with zero attached hydrogens (tertiary/aromatic N) is 1. The predicted octanol–water partition coefficient (Wildman–Crippen LogP) is 2.20. The Bertz CT molecular complexity index is 281. The minimum Gasteiger partial charge on any atom is -0.316 e. The van der Waals surface area contributed by atoms with Crippen molar-refractivity contribution in [2.24, 2.45) is 0 Å². The molecule has 96 valence electrons. The highest BCUT2D eigenvalue weighted by Gasteiger charge is 2.11. The Labute approximate surface area is 108 Å². The number of nitrogens with one attached hydrogen (secondary N) is 2. The van der Waals surface area contributed by atoms with Gasteiger partial charge in [0.2, 0.25) is 0 Å². The van der Waals surface area contributed by atoms with Crippen molar-refractivity contribution >= 4 is 11.3 Å². The van der Waals surface area contributed by atoms with Crippen LogP contribution in [0.1, 0.15) is 37.8 Å². The third kappa shape index (κ3) is 5.15. The molecule has 17 heavy (non-hydrogen) atoms. The van der Waals surface area contributed by atoms with Crippen LogP contribution in [-0.2, 0) is 6.42 Å². The van der Waals surface area contributed by atoms with Crippen LogP contribution in [0.2, 0.25) is 0 Å². The van der Waals surface area contributed by atoms with Crippen LogP contribution in [0.3, 0.4) is 0 Å². The van der Waals surface area contributed by atoms with Gasteiger partial charge in [0.05, 0.1) is 11.2 Å². The van der Waals surface area contributed by atoms with E-state index < -0.39 is 0 Å². The molecule has 1 fully saturated rings. The lowest BCUT2D eigenvalue weighted by molar-refractivity contribution is 0.373. The molecule has 0 radical (unpaired) electrons. The molecule has 1 aromatic heterocycles. The molecule has 2 rings (SSSR count). The van der Waals surface area contributed by atoms with Crippen LogP contribution in [0.25, 0.3) is 0 Å². The number of hydrogen-bond donors (Lipinski definition) is 2. The monoisotopic (exact) mass is 253 g/mol. The van der Waals surface area contributed by atoms with Crippen LogP contribution in [0.4, 0.5) is 0 Å². The van der Waals surface area contributed by atoms with Crippen molar-refractivity contribution in [1.82, 2.24) is 15.6 Å². The van der Waals surface area contributed by atoms with Crippen molar-refractivity contribution in [2.75, 3.05) is 19.6 Å². The summed E-state index contributed by atoms with van der Waals surface area (Å²) in [7, 11) is 0. The van der Waals surface area contributed by atoms with E-state index in [-0.39, 0.29) is 0 Å². The average molecular weight is 253 g/mol. The highest BCUT2D eigenvalue weighted by molar-refractivity contribution is 7.07. The molecule has 0 bridgehead atoms. The first kappa shape index (κ1) is 13.0. The van der Waals surface area contributed by atoms with Gasteiger partial charge in [-0.25, -0.2) is 4.98 Å². The number of thiazole rings is 1. The molecule has 0 spiro atoms. The maximum Gasteiger partial charge on any atom is 0.0794 e. The highest BCUT2D eigenvalue weighted by atomic mass is 32.1. The summed E-state index contributed by atoms with van der Waals surface area (Å²) in [6, 6.07) is 0.782. The van der Waals surface area contributed by atoms with Crippen LogP contribution in [0.15, 0.2) is 10.9 Å². The summed E-state index contributed by atoms with van der Waals surface area (Å²) in [5, 5.41) is 9.23. The molecule has 1 saturated heterocycles. The summed E-state index contributed by atoms with van der Waals surface area (Å²) in [6.45, 7) is 3.42. The minimum absolute atomic E-state index is 0.782. The normalized spacial score (nSPS) is 20.6. The van der Waals surface area contributed by atoms with Crippen LogP contribution >= 0.6 is 11.3 Å². The molecule has 3 nitrogen and oxygen atoms in total. The Morgan fingerprint density at radius 2 is 2.41 bits per heavy atom. The fourth-order valence-corrected chi connectivity index (χ4v) is 2.94. The molecule has 1 aromatic rings. The molecular weight excluding hydrogens is 230 g/mol. The fourth-order valence-electron chi connectivity index (χ4n) is 2.35. The third-order valence-corrected chi connectivity index (χ3v) is 4.00. The van der Waals surface area contributed by atoms with Gasteiger partial charge in [-0.2, -0.15) is 0 Å². The standard InChI is InChI=1S/C13H23N3S/c1-2-8-15-12(4-1)5-3-7-14-9-6-13-10-17-11-16-13/h10-12,14-15H,1-9H2. The van der Waals surface area contributed by atoms with E-state index in [0.29, 0.717) is 0 Å². The lowest BCUT2D eigenvalue weighted by Gasteiger charge is -2.23. The van der Waals surface area contributed by atoms with Gasteiger partial charge in [0.1, 0.15) is 0 Å².